The Balaban J connectivity index is 2.46. The van der Waals surface area contributed by atoms with Crippen LogP contribution in [0, 0.1) is 19.8 Å². The molecule has 2 N–H and O–H groups in total. The summed E-state index contributed by atoms with van der Waals surface area (Å²) >= 11 is 0. The second-order valence-electron chi connectivity index (χ2n) is 6.08. The molecule has 0 spiro atoms. The number of benzene rings is 1. The zero-order valence-electron chi connectivity index (χ0n) is 13.3. The van der Waals surface area contributed by atoms with Gasteiger partial charge in [0.1, 0.15) is 0 Å². The fraction of sp³-hybridized carbons (Fsp3) is 0.438. The quantitative estimate of drug-likeness (QED) is 0.864. The van der Waals surface area contributed by atoms with Gasteiger partial charge in [-0.25, -0.2) is 13.6 Å². The van der Waals surface area contributed by atoms with Gasteiger partial charge in [-0.15, -0.1) is 0 Å². The minimum absolute atomic E-state index is 0.0177. The lowest BCUT2D eigenvalue weighted by atomic mass is 10.0. The summed E-state index contributed by atoms with van der Waals surface area (Å²) in [4.78, 5) is 14.5. The summed E-state index contributed by atoms with van der Waals surface area (Å²) in [7, 11) is -3.85. The van der Waals surface area contributed by atoms with E-state index in [2.05, 4.69) is 13.8 Å². The van der Waals surface area contributed by atoms with Gasteiger partial charge in [-0.3, -0.25) is 4.79 Å². The van der Waals surface area contributed by atoms with Crippen LogP contribution < -0.4 is 5.14 Å². The monoisotopic (exact) mass is 322 g/mol. The molecule has 0 bridgehead atoms. The van der Waals surface area contributed by atoms with Gasteiger partial charge in [-0.05, 0) is 43.0 Å². The lowest BCUT2D eigenvalue weighted by molar-refractivity contribution is 0.0720. The number of hydrogen-bond donors (Lipinski definition) is 1. The molecule has 0 saturated heterocycles. The van der Waals surface area contributed by atoms with E-state index in [1.165, 1.54) is 6.07 Å². The number of carbonyl (C=O) groups excluding carboxylic acids is 1. The van der Waals surface area contributed by atoms with E-state index in [1.54, 1.807) is 24.8 Å². The number of carbonyl (C=O) groups is 1. The van der Waals surface area contributed by atoms with Gasteiger partial charge in [0, 0.05) is 12.1 Å². The van der Waals surface area contributed by atoms with Crippen LogP contribution in [-0.2, 0) is 10.0 Å². The standard InChI is InChI=1S/C16H22N2O3S/c1-10(2)14-6-5-7-18(14)16(19)13-8-11(3)12(4)15(9-13)22(17,20)21/h5-6,8-10,14H,7H2,1-4H3,(H2,17,20,21)/t14-/m1/s1. The predicted octanol–water partition coefficient (Wildman–Crippen LogP) is 1.99. The summed E-state index contributed by atoms with van der Waals surface area (Å²) < 4.78 is 23.4. The number of rotatable bonds is 3. The van der Waals surface area contributed by atoms with Crippen LogP contribution in [0.5, 0.6) is 0 Å². The van der Waals surface area contributed by atoms with Crippen molar-refractivity contribution in [1.82, 2.24) is 4.90 Å². The Kier molecular flexibility index (Phi) is 4.44. The molecule has 1 aliphatic heterocycles. The molecule has 6 heteroatoms. The van der Waals surface area contributed by atoms with Gasteiger partial charge in [0.2, 0.25) is 10.0 Å². The Hall–Kier alpha value is -1.66. The molecule has 1 aliphatic rings. The molecule has 0 aromatic heterocycles. The minimum Gasteiger partial charge on any atom is -0.328 e. The van der Waals surface area contributed by atoms with Crippen LogP contribution in [0.1, 0.15) is 35.3 Å². The van der Waals surface area contributed by atoms with Gasteiger partial charge in [-0.2, -0.15) is 0 Å². The highest BCUT2D eigenvalue weighted by Crippen LogP contribution is 2.24. The Morgan fingerprint density at radius 3 is 2.50 bits per heavy atom. The molecule has 1 amide bonds. The van der Waals surface area contributed by atoms with Crippen molar-refractivity contribution in [2.45, 2.75) is 38.6 Å². The van der Waals surface area contributed by atoms with E-state index < -0.39 is 10.0 Å². The molecule has 1 heterocycles. The first-order valence-corrected chi connectivity index (χ1v) is 8.79. The molecule has 0 radical (unpaired) electrons. The van der Waals surface area contributed by atoms with E-state index in [0.717, 1.165) is 5.56 Å². The lowest BCUT2D eigenvalue weighted by Gasteiger charge is -2.28. The van der Waals surface area contributed by atoms with Crippen molar-refractivity contribution in [3.8, 4) is 0 Å². The van der Waals surface area contributed by atoms with E-state index >= 15 is 0 Å². The first-order valence-electron chi connectivity index (χ1n) is 7.24. The van der Waals surface area contributed by atoms with E-state index in [1.807, 2.05) is 12.2 Å². The normalized spacial score (nSPS) is 18.3. The van der Waals surface area contributed by atoms with Crippen LogP contribution >= 0.6 is 0 Å². The van der Waals surface area contributed by atoms with Gasteiger partial charge in [0.15, 0.2) is 0 Å². The summed E-state index contributed by atoms with van der Waals surface area (Å²) in [6.45, 7) is 8.12. The van der Waals surface area contributed by atoms with Gasteiger partial charge in [-0.1, -0.05) is 26.0 Å². The number of nitrogens with zero attached hydrogens (tertiary/aromatic N) is 1. The maximum Gasteiger partial charge on any atom is 0.254 e. The largest absolute Gasteiger partial charge is 0.328 e. The Morgan fingerprint density at radius 2 is 1.95 bits per heavy atom. The van der Waals surface area contributed by atoms with E-state index in [0.29, 0.717) is 23.6 Å². The van der Waals surface area contributed by atoms with Crippen LogP contribution in [0.3, 0.4) is 0 Å². The smallest absolute Gasteiger partial charge is 0.254 e. The van der Waals surface area contributed by atoms with Crippen LogP contribution in [-0.4, -0.2) is 31.8 Å². The third-order valence-electron chi connectivity index (χ3n) is 4.11. The van der Waals surface area contributed by atoms with Crippen LogP contribution in [0.25, 0.3) is 0 Å². The zero-order chi connectivity index (χ0) is 16.7. The third kappa shape index (κ3) is 3.08. The van der Waals surface area contributed by atoms with Gasteiger partial charge in [0.25, 0.3) is 5.91 Å². The number of primary sulfonamides is 1. The topological polar surface area (TPSA) is 80.5 Å². The summed E-state index contributed by atoms with van der Waals surface area (Å²) in [5.41, 5.74) is 1.68. The molecule has 22 heavy (non-hydrogen) atoms. The van der Waals surface area contributed by atoms with Crippen molar-refractivity contribution in [3.63, 3.8) is 0 Å². The van der Waals surface area contributed by atoms with Crippen molar-refractivity contribution in [2.24, 2.45) is 11.1 Å². The summed E-state index contributed by atoms with van der Waals surface area (Å²) in [6.07, 6.45) is 3.98. The SMILES string of the molecule is Cc1cc(C(=O)N2CC=C[C@@H]2C(C)C)cc(S(N)(=O)=O)c1C. The third-order valence-corrected chi connectivity index (χ3v) is 5.15. The highest BCUT2D eigenvalue weighted by Gasteiger charge is 2.29. The zero-order valence-corrected chi connectivity index (χ0v) is 14.1. The molecule has 2 rings (SSSR count). The first-order chi connectivity index (χ1) is 10.1. The maximum atomic E-state index is 12.8. The second-order valence-corrected chi connectivity index (χ2v) is 7.61. The van der Waals surface area contributed by atoms with Crippen LogP contribution in [0.15, 0.2) is 29.2 Å². The van der Waals surface area contributed by atoms with Gasteiger partial charge >= 0.3 is 0 Å². The summed E-state index contributed by atoms with van der Waals surface area (Å²) in [5.74, 6) is 0.128. The number of nitrogens with two attached hydrogens (primary N) is 1. The molecule has 1 atom stereocenters. The molecule has 1 aromatic carbocycles. The van der Waals surface area contributed by atoms with Crippen molar-refractivity contribution >= 4 is 15.9 Å². The first kappa shape index (κ1) is 16.7. The molecular formula is C16H22N2O3S. The Bertz CT molecular complexity index is 736. The molecule has 0 fully saturated rings. The number of amides is 1. The van der Waals surface area contributed by atoms with E-state index in [9.17, 15) is 13.2 Å². The van der Waals surface area contributed by atoms with Crippen molar-refractivity contribution < 1.29 is 13.2 Å². The summed E-state index contributed by atoms with van der Waals surface area (Å²) in [6, 6.07) is 3.14. The lowest BCUT2D eigenvalue weighted by Crippen LogP contribution is -2.39. The Morgan fingerprint density at radius 1 is 1.32 bits per heavy atom. The summed E-state index contributed by atoms with van der Waals surface area (Å²) in [5, 5.41) is 5.26. The van der Waals surface area contributed by atoms with E-state index in [-0.39, 0.29) is 16.8 Å². The fourth-order valence-corrected chi connectivity index (χ4v) is 3.63. The van der Waals surface area contributed by atoms with Crippen molar-refractivity contribution in [1.29, 1.82) is 0 Å². The van der Waals surface area contributed by atoms with E-state index in [4.69, 9.17) is 5.14 Å². The molecule has 120 valence electrons. The van der Waals surface area contributed by atoms with Crippen LogP contribution in [0.2, 0.25) is 0 Å². The molecule has 0 aliphatic carbocycles. The fourth-order valence-electron chi connectivity index (χ4n) is 2.75. The predicted molar refractivity (Wildman–Crippen MR) is 86.1 cm³/mol. The molecule has 1 aromatic rings. The number of aryl methyl sites for hydroxylation is 1. The van der Waals surface area contributed by atoms with Gasteiger partial charge in [0.05, 0.1) is 10.9 Å². The average molecular weight is 322 g/mol. The average Bonchev–Trinajstić information content (AvgIpc) is 2.88. The number of hydrogen-bond acceptors (Lipinski definition) is 3. The second kappa shape index (κ2) is 5.85. The molecule has 0 unspecified atom stereocenters. The number of sulfonamides is 1. The van der Waals surface area contributed by atoms with Crippen molar-refractivity contribution in [3.05, 3.63) is 41.0 Å². The maximum absolute atomic E-state index is 12.8. The van der Waals surface area contributed by atoms with Crippen LogP contribution in [0.4, 0.5) is 0 Å². The molecular weight excluding hydrogens is 300 g/mol. The Labute approximate surface area is 131 Å². The van der Waals surface area contributed by atoms with Gasteiger partial charge < -0.3 is 4.90 Å². The highest BCUT2D eigenvalue weighted by atomic mass is 32.2. The molecule has 5 nitrogen and oxygen atoms in total. The molecule has 0 saturated carbocycles. The minimum atomic E-state index is -3.85. The van der Waals surface area contributed by atoms with Crippen molar-refractivity contribution in [2.75, 3.05) is 6.54 Å². The highest BCUT2D eigenvalue weighted by molar-refractivity contribution is 7.89.